The fourth-order valence-corrected chi connectivity index (χ4v) is 2.29. The zero-order valence-corrected chi connectivity index (χ0v) is 11.3. The number of ether oxygens (including phenoxy) is 1. The van der Waals surface area contributed by atoms with Crippen LogP contribution in [0, 0.1) is 11.8 Å². The van der Waals surface area contributed by atoms with E-state index < -0.39 is 0 Å². The Balaban J connectivity index is 1.55. The molecule has 1 unspecified atom stereocenters. The van der Waals surface area contributed by atoms with Gasteiger partial charge in [-0.15, -0.1) is 0 Å². The molecule has 2 aromatic carbocycles. The van der Waals surface area contributed by atoms with Crippen LogP contribution in [0.1, 0.15) is 17.2 Å². The lowest BCUT2D eigenvalue weighted by atomic mass is 10.1. The van der Waals surface area contributed by atoms with Gasteiger partial charge in [0, 0.05) is 12.1 Å². The van der Waals surface area contributed by atoms with Gasteiger partial charge in [-0.3, -0.25) is 4.90 Å². The van der Waals surface area contributed by atoms with E-state index in [-0.39, 0.29) is 6.10 Å². The normalized spacial score (nSPS) is 18.5. The van der Waals surface area contributed by atoms with E-state index in [1.165, 1.54) is 5.56 Å². The number of nitrogens with zero attached hydrogens (tertiary/aromatic N) is 1. The topological polar surface area (TPSA) is 12.5 Å². The average Bonchev–Trinajstić information content (AvgIpc) is 2.98. The highest BCUT2D eigenvalue weighted by Crippen LogP contribution is 2.23. The minimum absolute atomic E-state index is 0.176. The fourth-order valence-electron chi connectivity index (χ4n) is 2.29. The molecule has 2 aromatic rings. The van der Waals surface area contributed by atoms with Gasteiger partial charge in [-0.05, 0) is 17.7 Å². The smallest absolute Gasteiger partial charge is 0.101 e. The van der Waals surface area contributed by atoms with Gasteiger partial charge in [0.15, 0.2) is 0 Å². The summed E-state index contributed by atoms with van der Waals surface area (Å²) in [6.45, 7) is 2.31. The van der Waals surface area contributed by atoms with Crippen molar-refractivity contribution in [1.29, 1.82) is 0 Å². The molecule has 20 heavy (non-hydrogen) atoms. The third kappa shape index (κ3) is 3.27. The summed E-state index contributed by atoms with van der Waals surface area (Å²) in [4.78, 5) is 2.23. The third-order valence-electron chi connectivity index (χ3n) is 3.36. The summed E-state index contributed by atoms with van der Waals surface area (Å²) in [7, 11) is 0. The van der Waals surface area contributed by atoms with Crippen molar-refractivity contribution in [3.63, 3.8) is 0 Å². The molecular formula is C18H17NO. The molecule has 1 fully saturated rings. The summed E-state index contributed by atoms with van der Waals surface area (Å²) in [5.74, 6) is 6.39. The first-order valence-corrected chi connectivity index (χ1v) is 6.84. The highest BCUT2D eigenvalue weighted by atomic mass is 16.5. The zero-order chi connectivity index (χ0) is 13.6. The van der Waals surface area contributed by atoms with Crippen molar-refractivity contribution in [2.75, 3.05) is 19.8 Å². The molecule has 1 aliphatic heterocycles. The Kier molecular flexibility index (Phi) is 4.13. The van der Waals surface area contributed by atoms with Gasteiger partial charge < -0.3 is 4.74 Å². The Labute approximate surface area is 120 Å². The summed E-state index contributed by atoms with van der Waals surface area (Å²) < 4.78 is 5.81. The first-order chi connectivity index (χ1) is 9.92. The Hall–Kier alpha value is -2.08. The summed E-state index contributed by atoms with van der Waals surface area (Å²) >= 11 is 0. The van der Waals surface area contributed by atoms with E-state index in [9.17, 15) is 0 Å². The van der Waals surface area contributed by atoms with Crippen LogP contribution < -0.4 is 0 Å². The molecule has 0 radical (unpaired) electrons. The van der Waals surface area contributed by atoms with E-state index in [1.54, 1.807) is 0 Å². The molecule has 0 aromatic heterocycles. The molecule has 1 atom stereocenters. The minimum Gasteiger partial charge on any atom is -0.357 e. The van der Waals surface area contributed by atoms with E-state index in [2.05, 4.69) is 41.0 Å². The van der Waals surface area contributed by atoms with Crippen LogP contribution in [-0.4, -0.2) is 24.7 Å². The van der Waals surface area contributed by atoms with Crippen molar-refractivity contribution in [3.8, 4) is 11.8 Å². The molecule has 0 N–H and O–H groups in total. The van der Waals surface area contributed by atoms with Gasteiger partial charge in [0.1, 0.15) is 6.73 Å². The highest BCUT2D eigenvalue weighted by Gasteiger charge is 2.23. The maximum Gasteiger partial charge on any atom is 0.101 e. The SMILES string of the molecule is C(#Cc1ccccc1)CN1COC(c2ccccc2)C1. The minimum atomic E-state index is 0.176. The lowest BCUT2D eigenvalue weighted by Gasteiger charge is -2.09. The molecule has 0 saturated carbocycles. The second-order valence-electron chi connectivity index (χ2n) is 4.87. The molecule has 3 rings (SSSR count). The third-order valence-corrected chi connectivity index (χ3v) is 3.36. The fraction of sp³-hybridized carbons (Fsp3) is 0.222. The molecular weight excluding hydrogens is 246 g/mol. The van der Waals surface area contributed by atoms with Gasteiger partial charge in [0.05, 0.1) is 12.6 Å². The van der Waals surface area contributed by atoms with E-state index >= 15 is 0 Å². The van der Waals surface area contributed by atoms with Crippen LogP contribution in [0.5, 0.6) is 0 Å². The van der Waals surface area contributed by atoms with Crippen molar-refractivity contribution in [3.05, 3.63) is 71.8 Å². The van der Waals surface area contributed by atoms with Gasteiger partial charge in [-0.2, -0.15) is 0 Å². The predicted molar refractivity (Wildman–Crippen MR) is 80.0 cm³/mol. The Morgan fingerprint density at radius 3 is 2.45 bits per heavy atom. The molecule has 1 heterocycles. The van der Waals surface area contributed by atoms with Crippen molar-refractivity contribution >= 4 is 0 Å². The maximum absolute atomic E-state index is 5.81. The van der Waals surface area contributed by atoms with Crippen molar-refractivity contribution in [1.82, 2.24) is 4.90 Å². The van der Waals surface area contributed by atoms with Crippen LogP contribution >= 0.6 is 0 Å². The van der Waals surface area contributed by atoms with Crippen LogP contribution in [0.3, 0.4) is 0 Å². The quantitative estimate of drug-likeness (QED) is 0.772. The van der Waals surface area contributed by atoms with Gasteiger partial charge in [-0.25, -0.2) is 0 Å². The van der Waals surface area contributed by atoms with Gasteiger partial charge in [-0.1, -0.05) is 60.4 Å². The predicted octanol–water partition coefficient (Wildman–Crippen LogP) is 3.07. The molecule has 0 amide bonds. The van der Waals surface area contributed by atoms with Crippen LogP contribution in [-0.2, 0) is 4.74 Å². The zero-order valence-electron chi connectivity index (χ0n) is 11.3. The maximum atomic E-state index is 5.81. The Bertz CT molecular complexity index is 598. The average molecular weight is 263 g/mol. The highest BCUT2D eigenvalue weighted by molar-refractivity contribution is 5.33. The van der Waals surface area contributed by atoms with E-state index in [1.807, 2.05) is 36.4 Å². The van der Waals surface area contributed by atoms with Crippen LogP contribution in [0.15, 0.2) is 60.7 Å². The second kappa shape index (κ2) is 6.38. The van der Waals surface area contributed by atoms with Gasteiger partial charge in [0.2, 0.25) is 0 Å². The molecule has 0 bridgehead atoms. The lowest BCUT2D eigenvalue weighted by Crippen LogP contribution is -2.20. The number of rotatable bonds is 2. The van der Waals surface area contributed by atoms with Crippen LogP contribution in [0.4, 0.5) is 0 Å². The molecule has 100 valence electrons. The first kappa shape index (κ1) is 12.9. The summed E-state index contributed by atoms with van der Waals surface area (Å²) in [6.07, 6.45) is 0.176. The summed E-state index contributed by atoms with van der Waals surface area (Å²) in [5, 5.41) is 0. The molecule has 1 saturated heterocycles. The number of hydrogen-bond donors (Lipinski definition) is 0. The monoisotopic (exact) mass is 263 g/mol. The number of hydrogen-bond acceptors (Lipinski definition) is 2. The van der Waals surface area contributed by atoms with Crippen molar-refractivity contribution in [2.24, 2.45) is 0 Å². The first-order valence-electron chi connectivity index (χ1n) is 6.84. The molecule has 0 aliphatic carbocycles. The number of benzene rings is 2. The van der Waals surface area contributed by atoms with Crippen LogP contribution in [0.2, 0.25) is 0 Å². The van der Waals surface area contributed by atoms with Gasteiger partial charge >= 0.3 is 0 Å². The Morgan fingerprint density at radius 2 is 1.70 bits per heavy atom. The van der Waals surface area contributed by atoms with E-state index in [4.69, 9.17) is 4.74 Å². The van der Waals surface area contributed by atoms with Gasteiger partial charge in [0.25, 0.3) is 0 Å². The summed E-state index contributed by atoms with van der Waals surface area (Å²) in [5.41, 5.74) is 2.30. The molecule has 2 heteroatoms. The lowest BCUT2D eigenvalue weighted by molar-refractivity contribution is 0.0930. The van der Waals surface area contributed by atoms with E-state index in [0.29, 0.717) is 6.73 Å². The van der Waals surface area contributed by atoms with Crippen molar-refractivity contribution in [2.45, 2.75) is 6.10 Å². The van der Waals surface area contributed by atoms with Crippen molar-refractivity contribution < 1.29 is 4.74 Å². The second-order valence-corrected chi connectivity index (χ2v) is 4.87. The van der Waals surface area contributed by atoms with Crippen LogP contribution in [0.25, 0.3) is 0 Å². The molecule has 2 nitrogen and oxygen atoms in total. The molecule has 0 spiro atoms. The standard InChI is InChI=1S/C18H17NO/c1-3-8-16(9-4-1)10-7-13-19-14-18(20-15-19)17-11-5-2-6-12-17/h1-6,8-9,11-12,18H,13-15H2. The summed E-state index contributed by atoms with van der Waals surface area (Å²) in [6, 6.07) is 20.4. The largest absolute Gasteiger partial charge is 0.357 e. The Morgan fingerprint density at radius 1 is 1.00 bits per heavy atom. The molecule has 1 aliphatic rings. The van der Waals surface area contributed by atoms with E-state index in [0.717, 1.165) is 18.7 Å².